The number of hydrogen-bond donors (Lipinski definition) is 4. The maximum absolute atomic E-state index is 13.5. The first kappa shape index (κ1) is 21.2. The van der Waals surface area contributed by atoms with Crippen LogP contribution >= 0.6 is 0 Å². The van der Waals surface area contributed by atoms with Crippen LogP contribution in [0.3, 0.4) is 0 Å². The summed E-state index contributed by atoms with van der Waals surface area (Å²) in [6.45, 7) is 1.14. The summed E-state index contributed by atoms with van der Waals surface area (Å²) in [7, 11) is 3.26. The zero-order chi connectivity index (χ0) is 21.3. The smallest absolute Gasteiger partial charge is 0.239 e. The number of rotatable bonds is 8. The number of hydrogen-bond acceptors (Lipinski definition) is 3. The van der Waals surface area contributed by atoms with Crippen molar-refractivity contribution in [1.29, 1.82) is 0 Å². The third-order valence-corrected chi connectivity index (χ3v) is 4.70. The Bertz CT molecular complexity index is 1010. The van der Waals surface area contributed by atoms with E-state index in [1.165, 1.54) is 12.1 Å². The lowest BCUT2D eigenvalue weighted by atomic mass is 10.1. The summed E-state index contributed by atoms with van der Waals surface area (Å²) in [5.74, 6) is 0.912. The summed E-state index contributed by atoms with van der Waals surface area (Å²) >= 11 is 0. The first-order valence-electron chi connectivity index (χ1n) is 9.68. The molecule has 3 aromatic rings. The SMILES string of the molecule is CN=C(NCCc1c[nH]c2ccc(F)cc12)NCC(=O)NCc1ccc(OC)cc1. The zero-order valence-corrected chi connectivity index (χ0v) is 17.1. The minimum Gasteiger partial charge on any atom is -0.497 e. The highest BCUT2D eigenvalue weighted by Crippen LogP contribution is 2.19. The molecule has 7 nitrogen and oxygen atoms in total. The number of methoxy groups -OCH3 is 1. The zero-order valence-electron chi connectivity index (χ0n) is 17.1. The van der Waals surface area contributed by atoms with Gasteiger partial charge in [-0.25, -0.2) is 4.39 Å². The molecule has 0 aliphatic heterocycles. The van der Waals surface area contributed by atoms with Crippen molar-refractivity contribution in [1.82, 2.24) is 20.9 Å². The number of ether oxygens (including phenoxy) is 1. The summed E-state index contributed by atoms with van der Waals surface area (Å²) in [5.41, 5.74) is 2.91. The van der Waals surface area contributed by atoms with Crippen LogP contribution in [-0.2, 0) is 17.8 Å². The molecule has 1 heterocycles. The van der Waals surface area contributed by atoms with Crippen molar-refractivity contribution in [2.24, 2.45) is 4.99 Å². The third-order valence-electron chi connectivity index (χ3n) is 4.70. The molecular formula is C22H26FN5O2. The lowest BCUT2D eigenvalue weighted by Gasteiger charge is -2.12. The van der Waals surface area contributed by atoms with Gasteiger partial charge in [-0.15, -0.1) is 0 Å². The van der Waals surface area contributed by atoms with Crippen molar-refractivity contribution >= 4 is 22.8 Å². The fourth-order valence-electron chi connectivity index (χ4n) is 3.06. The largest absolute Gasteiger partial charge is 0.497 e. The molecule has 2 aromatic carbocycles. The molecule has 30 heavy (non-hydrogen) atoms. The molecule has 158 valence electrons. The number of nitrogens with one attached hydrogen (secondary N) is 4. The Morgan fingerprint density at radius 3 is 2.67 bits per heavy atom. The van der Waals surface area contributed by atoms with Crippen molar-refractivity contribution in [2.75, 3.05) is 27.2 Å². The Hall–Kier alpha value is -3.55. The molecule has 1 amide bonds. The Morgan fingerprint density at radius 2 is 1.93 bits per heavy atom. The highest BCUT2D eigenvalue weighted by molar-refractivity contribution is 5.86. The molecule has 0 saturated carbocycles. The maximum Gasteiger partial charge on any atom is 0.239 e. The highest BCUT2D eigenvalue weighted by atomic mass is 19.1. The normalized spacial score (nSPS) is 11.4. The Labute approximate surface area is 174 Å². The van der Waals surface area contributed by atoms with E-state index in [9.17, 15) is 9.18 Å². The van der Waals surface area contributed by atoms with E-state index in [1.54, 1.807) is 20.2 Å². The van der Waals surface area contributed by atoms with Gasteiger partial charge in [0.15, 0.2) is 5.96 Å². The average molecular weight is 411 g/mol. The van der Waals surface area contributed by atoms with Crippen LogP contribution in [0.5, 0.6) is 5.75 Å². The van der Waals surface area contributed by atoms with Gasteiger partial charge in [0.2, 0.25) is 5.91 Å². The van der Waals surface area contributed by atoms with E-state index in [0.717, 1.165) is 27.8 Å². The molecule has 0 aliphatic carbocycles. The number of aromatic amines is 1. The van der Waals surface area contributed by atoms with E-state index in [-0.39, 0.29) is 18.3 Å². The van der Waals surface area contributed by atoms with Crippen LogP contribution in [-0.4, -0.2) is 44.1 Å². The maximum atomic E-state index is 13.5. The topological polar surface area (TPSA) is 90.5 Å². The standard InChI is InChI=1S/C22H26FN5O2/c1-24-22(25-10-9-16-13-26-20-8-5-17(23)11-19(16)20)28-14-21(29)27-12-15-3-6-18(30-2)7-4-15/h3-8,11,13,26H,9-10,12,14H2,1-2H3,(H,27,29)(H2,24,25,28). The predicted octanol–water partition coefficient (Wildman–Crippen LogP) is 2.34. The van der Waals surface area contributed by atoms with Gasteiger partial charge in [0.1, 0.15) is 11.6 Å². The van der Waals surface area contributed by atoms with Crippen LogP contribution in [0.25, 0.3) is 10.9 Å². The van der Waals surface area contributed by atoms with Crippen molar-refractivity contribution in [2.45, 2.75) is 13.0 Å². The van der Waals surface area contributed by atoms with Crippen LogP contribution in [0.1, 0.15) is 11.1 Å². The average Bonchev–Trinajstić information content (AvgIpc) is 3.17. The summed E-state index contributed by atoms with van der Waals surface area (Å²) in [6.07, 6.45) is 2.57. The number of amides is 1. The van der Waals surface area contributed by atoms with E-state index < -0.39 is 0 Å². The minimum absolute atomic E-state index is 0.105. The number of carbonyl (C=O) groups is 1. The van der Waals surface area contributed by atoms with E-state index >= 15 is 0 Å². The fourth-order valence-corrected chi connectivity index (χ4v) is 3.06. The van der Waals surface area contributed by atoms with Crippen LogP contribution in [0.2, 0.25) is 0 Å². The van der Waals surface area contributed by atoms with Crippen LogP contribution in [0, 0.1) is 5.82 Å². The van der Waals surface area contributed by atoms with E-state index in [1.807, 2.05) is 30.5 Å². The number of guanidine groups is 1. The summed E-state index contributed by atoms with van der Waals surface area (Å²) in [6, 6.07) is 12.2. The summed E-state index contributed by atoms with van der Waals surface area (Å²) in [4.78, 5) is 19.3. The minimum atomic E-state index is -0.255. The molecule has 0 spiro atoms. The third kappa shape index (κ3) is 5.73. The number of aromatic nitrogens is 1. The predicted molar refractivity (Wildman–Crippen MR) is 116 cm³/mol. The van der Waals surface area contributed by atoms with Gasteiger partial charge in [-0.2, -0.15) is 0 Å². The second kappa shape index (κ2) is 10.3. The molecule has 0 unspecified atom stereocenters. The van der Waals surface area contributed by atoms with E-state index in [4.69, 9.17) is 4.74 Å². The Balaban J connectivity index is 1.40. The molecule has 0 atom stereocenters. The quantitative estimate of drug-likeness (QED) is 0.338. The first-order chi connectivity index (χ1) is 14.6. The first-order valence-corrected chi connectivity index (χ1v) is 9.68. The van der Waals surface area contributed by atoms with Gasteiger partial charge in [-0.05, 0) is 47.9 Å². The molecule has 4 N–H and O–H groups in total. The fraction of sp³-hybridized carbons (Fsp3) is 0.273. The molecule has 0 fully saturated rings. The van der Waals surface area contributed by atoms with E-state index in [0.29, 0.717) is 25.5 Å². The van der Waals surface area contributed by atoms with Gasteiger partial charge in [-0.1, -0.05) is 12.1 Å². The number of halogens is 1. The molecule has 0 aliphatic rings. The van der Waals surface area contributed by atoms with Crippen LogP contribution in [0.15, 0.2) is 53.7 Å². The Morgan fingerprint density at radius 1 is 1.13 bits per heavy atom. The number of aliphatic imine (C=N–C) groups is 1. The van der Waals surface area contributed by atoms with Gasteiger partial charge in [0.05, 0.1) is 13.7 Å². The summed E-state index contributed by atoms with van der Waals surface area (Å²) in [5, 5.41) is 9.88. The molecule has 0 radical (unpaired) electrons. The van der Waals surface area contributed by atoms with Crippen molar-refractivity contribution in [3.8, 4) is 5.75 Å². The van der Waals surface area contributed by atoms with Gasteiger partial charge >= 0.3 is 0 Å². The van der Waals surface area contributed by atoms with Crippen LogP contribution < -0.4 is 20.7 Å². The molecule has 0 saturated heterocycles. The number of carbonyl (C=O) groups excluding carboxylic acids is 1. The monoisotopic (exact) mass is 411 g/mol. The summed E-state index contributed by atoms with van der Waals surface area (Å²) < 4.78 is 18.6. The molecular weight excluding hydrogens is 385 g/mol. The second-order valence-corrected chi connectivity index (χ2v) is 6.73. The van der Waals surface area contributed by atoms with Crippen LogP contribution in [0.4, 0.5) is 4.39 Å². The second-order valence-electron chi connectivity index (χ2n) is 6.73. The number of benzene rings is 2. The Kier molecular flexibility index (Phi) is 7.26. The number of nitrogens with zero attached hydrogens (tertiary/aromatic N) is 1. The molecule has 8 heteroatoms. The van der Waals surface area contributed by atoms with Gasteiger partial charge in [0, 0.05) is 37.2 Å². The molecule has 3 rings (SSSR count). The highest BCUT2D eigenvalue weighted by Gasteiger charge is 2.07. The van der Waals surface area contributed by atoms with E-state index in [2.05, 4.69) is 25.9 Å². The van der Waals surface area contributed by atoms with Gasteiger partial charge < -0.3 is 25.7 Å². The van der Waals surface area contributed by atoms with Gasteiger partial charge in [0.25, 0.3) is 0 Å². The lowest BCUT2D eigenvalue weighted by molar-refractivity contribution is -0.120. The van der Waals surface area contributed by atoms with Gasteiger partial charge in [-0.3, -0.25) is 9.79 Å². The van der Waals surface area contributed by atoms with Crippen molar-refractivity contribution in [3.63, 3.8) is 0 Å². The number of fused-ring (bicyclic) bond motifs is 1. The van der Waals surface area contributed by atoms with Crippen molar-refractivity contribution < 1.29 is 13.9 Å². The number of H-pyrrole nitrogens is 1. The van der Waals surface area contributed by atoms with Crippen molar-refractivity contribution in [3.05, 3.63) is 65.6 Å². The lowest BCUT2D eigenvalue weighted by Crippen LogP contribution is -2.43. The molecule has 0 bridgehead atoms. The molecule has 1 aromatic heterocycles.